The first-order chi connectivity index (χ1) is 15.5. The summed E-state index contributed by atoms with van der Waals surface area (Å²) in [7, 11) is 0. The van der Waals surface area contributed by atoms with Crippen molar-refractivity contribution in [3.05, 3.63) is 118 Å². The number of benzene rings is 3. The smallest absolute Gasteiger partial charge is 0.291 e. The van der Waals surface area contributed by atoms with Gasteiger partial charge in [-0.15, -0.1) is 0 Å². The van der Waals surface area contributed by atoms with Crippen LogP contribution in [0.4, 0.5) is 5.69 Å². The fourth-order valence-electron chi connectivity index (χ4n) is 3.03. The largest absolute Gasteiger partial charge is 0.484 e. The molecule has 0 saturated carbocycles. The maximum absolute atomic E-state index is 12.9. The van der Waals surface area contributed by atoms with Gasteiger partial charge in [-0.1, -0.05) is 65.7 Å². The van der Waals surface area contributed by atoms with Crippen molar-refractivity contribution < 1.29 is 18.7 Å². The lowest BCUT2D eigenvalue weighted by molar-refractivity contribution is 0.0992. The summed E-state index contributed by atoms with van der Waals surface area (Å²) in [4.78, 5) is 25.7. The number of hydrogen-bond donors (Lipinski definition) is 1. The zero-order valence-electron chi connectivity index (χ0n) is 16.7. The molecular weight excluding hydrogens is 449 g/mol. The lowest BCUT2D eigenvalue weighted by Gasteiger charge is -2.10. The molecule has 7 heteroatoms. The Morgan fingerprint density at radius 2 is 1.62 bits per heavy atom. The number of amides is 1. The lowest BCUT2D eigenvalue weighted by Crippen LogP contribution is -2.14. The van der Waals surface area contributed by atoms with Gasteiger partial charge in [-0.25, -0.2) is 0 Å². The van der Waals surface area contributed by atoms with E-state index in [1.54, 1.807) is 60.7 Å². The van der Waals surface area contributed by atoms with Gasteiger partial charge in [0.25, 0.3) is 5.91 Å². The Bertz CT molecular complexity index is 1270. The molecule has 0 saturated heterocycles. The number of nitrogens with one attached hydrogen (secondary N) is 1. The van der Waals surface area contributed by atoms with E-state index >= 15 is 0 Å². The van der Waals surface area contributed by atoms with E-state index in [0.29, 0.717) is 32.8 Å². The summed E-state index contributed by atoms with van der Waals surface area (Å²) in [6, 6.07) is 23.7. The molecule has 0 fully saturated rings. The second kappa shape index (κ2) is 9.73. The van der Waals surface area contributed by atoms with Crippen LogP contribution in [-0.4, -0.2) is 11.7 Å². The van der Waals surface area contributed by atoms with Crippen LogP contribution in [0, 0.1) is 0 Å². The zero-order valence-corrected chi connectivity index (χ0v) is 18.2. The third-order valence-corrected chi connectivity index (χ3v) is 5.15. The highest BCUT2D eigenvalue weighted by Gasteiger charge is 2.18. The highest BCUT2D eigenvalue weighted by molar-refractivity contribution is 6.32. The van der Waals surface area contributed by atoms with Crippen molar-refractivity contribution in [1.29, 1.82) is 0 Å². The second-order valence-electron chi connectivity index (χ2n) is 6.82. The van der Waals surface area contributed by atoms with Gasteiger partial charge in [0.05, 0.1) is 10.7 Å². The Labute approximate surface area is 194 Å². The topological polar surface area (TPSA) is 68.5 Å². The first-order valence-electron chi connectivity index (χ1n) is 9.68. The zero-order chi connectivity index (χ0) is 22.5. The molecule has 0 bridgehead atoms. The first kappa shape index (κ1) is 21.7. The van der Waals surface area contributed by atoms with Crippen LogP contribution in [0.25, 0.3) is 0 Å². The summed E-state index contributed by atoms with van der Waals surface area (Å²) in [5, 5.41) is 3.60. The summed E-state index contributed by atoms with van der Waals surface area (Å²) in [5.74, 6) is 0.291. The van der Waals surface area contributed by atoms with Crippen LogP contribution < -0.4 is 10.1 Å². The molecular formula is C25H17Cl2NO4. The van der Waals surface area contributed by atoms with E-state index in [0.717, 1.165) is 0 Å². The van der Waals surface area contributed by atoms with Gasteiger partial charge in [-0.3, -0.25) is 9.59 Å². The number of para-hydroxylation sites is 1. The van der Waals surface area contributed by atoms with Crippen LogP contribution in [0.1, 0.15) is 32.2 Å². The Morgan fingerprint density at radius 1 is 0.875 bits per heavy atom. The summed E-state index contributed by atoms with van der Waals surface area (Å²) >= 11 is 12.2. The number of anilines is 1. The molecule has 160 valence electrons. The van der Waals surface area contributed by atoms with Crippen molar-refractivity contribution in [3.63, 3.8) is 0 Å². The highest BCUT2D eigenvalue weighted by atomic mass is 35.5. The predicted octanol–water partition coefficient (Wildman–Crippen LogP) is 6.65. The van der Waals surface area contributed by atoms with Crippen molar-refractivity contribution in [2.45, 2.75) is 6.61 Å². The van der Waals surface area contributed by atoms with E-state index in [-0.39, 0.29) is 23.7 Å². The van der Waals surface area contributed by atoms with Gasteiger partial charge in [-0.05, 0) is 42.5 Å². The lowest BCUT2D eigenvalue weighted by atomic mass is 10.0. The number of ketones is 1. The molecule has 1 heterocycles. The number of furan rings is 1. The Hall–Kier alpha value is -3.54. The minimum absolute atomic E-state index is 0.0795. The van der Waals surface area contributed by atoms with E-state index in [2.05, 4.69) is 5.32 Å². The third-order valence-electron chi connectivity index (χ3n) is 4.60. The third kappa shape index (κ3) is 5.02. The first-order valence-corrected chi connectivity index (χ1v) is 10.4. The van der Waals surface area contributed by atoms with Gasteiger partial charge in [0, 0.05) is 16.1 Å². The maximum atomic E-state index is 12.9. The number of halogens is 2. The minimum Gasteiger partial charge on any atom is -0.484 e. The average Bonchev–Trinajstić information content (AvgIpc) is 3.29. The summed E-state index contributed by atoms with van der Waals surface area (Å²) in [5.41, 5.74) is 1.10. The van der Waals surface area contributed by atoms with Gasteiger partial charge in [0.2, 0.25) is 0 Å². The molecule has 5 nitrogen and oxygen atoms in total. The molecule has 0 aliphatic heterocycles. The minimum atomic E-state index is -0.501. The SMILES string of the molecule is O=C(Nc1ccc(Cl)cc1C(=O)c1ccccc1)c1ccc(COc2ccccc2Cl)o1. The summed E-state index contributed by atoms with van der Waals surface area (Å²) < 4.78 is 11.2. The van der Waals surface area contributed by atoms with Crippen molar-refractivity contribution in [2.24, 2.45) is 0 Å². The van der Waals surface area contributed by atoms with Crippen molar-refractivity contribution in [2.75, 3.05) is 5.32 Å². The van der Waals surface area contributed by atoms with Crippen LogP contribution in [-0.2, 0) is 6.61 Å². The number of hydrogen-bond acceptors (Lipinski definition) is 4. The van der Waals surface area contributed by atoms with Crippen LogP contribution in [0.15, 0.2) is 89.3 Å². The standard InChI is InChI=1S/C25H17Cl2NO4/c26-17-10-12-21(19(14-17)24(29)16-6-2-1-3-7-16)28-25(30)23-13-11-18(32-23)15-31-22-9-5-4-8-20(22)27/h1-14H,15H2,(H,28,30). The van der Waals surface area contributed by atoms with Crippen LogP contribution >= 0.6 is 23.2 Å². The van der Waals surface area contributed by atoms with Gasteiger partial charge >= 0.3 is 0 Å². The van der Waals surface area contributed by atoms with Crippen LogP contribution in [0.2, 0.25) is 10.0 Å². The van der Waals surface area contributed by atoms with E-state index in [1.807, 2.05) is 12.1 Å². The fraction of sp³-hybridized carbons (Fsp3) is 0.0400. The molecule has 32 heavy (non-hydrogen) atoms. The van der Waals surface area contributed by atoms with E-state index < -0.39 is 5.91 Å². The molecule has 3 aromatic carbocycles. The molecule has 0 aliphatic rings. The monoisotopic (exact) mass is 465 g/mol. The van der Waals surface area contributed by atoms with Crippen LogP contribution in [0.3, 0.4) is 0 Å². The highest BCUT2D eigenvalue weighted by Crippen LogP contribution is 2.26. The molecule has 0 atom stereocenters. The predicted molar refractivity (Wildman–Crippen MR) is 124 cm³/mol. The molecule has 4 rings (SSSR count). The van der Waals surface area contributed by atoms with E-state index in [4.69, 9.17) is 32.4 Å². The van der Waals surface area contributed by atoms with Crippen LogP contribution in [0.5, 0.6) is 5.75 Å². The normalized spacial score (nSPS) is 10.6. The molecule has 4 aromatic rings. The fourth-order valence-corrected chi connectivity index (χ4v) is 3.39. The quantitative estimate of drug-likeness (QED) is 0.310. The number of carbonyl (C=O) groups is 2. The van der Waals surface area contributed by atoms with E-state index in [1.165, 1.54) is 12.1 Å². The number of rotatable bonds is 7. The second-order valence-corrected chi connectivity index (χ2v) is 7.67. The van der Waals surface area contributed by atoms with Crippen molar-refractivity contribution >= 4 is 40.6 Å². The molecule has 1 N–H and O–H groups in total. The Balaban J connectivity index is 1.49. The van der Waals surface area contributed by atoms with Gasteiger partial charge in [-0.2, -0.15) is 0 Å². The molecule has 0 aliphatic carbocycles. The Kier molecular flexibility index (Phi) is 6.59. The molecule has 0 unspecified atom stereocenters. The van der Waals surface area contributed by atoms with E-state index in [9.17, 15) is 9.59 Å². The molecule has 0 spiro atoms. The summed E-state index contributed by atoms with van der Waals surface area (Å²) in [6.45, 7) is 0.107. The molecule has 1 amide bonds. The van der Waals surface area contributed by atoms with Gasteiger partial charge in [0.1, 0.15) is 18.1 Å². The molecule has 1 aromatic heterocycles. The maximum Gasteiger partial charge on any atom is 0.291 e. The van der Waals surface area contributed by atoms with Crippen molar-refractivity contribution in [1.82, 2.24) is 0 Å². The summed E-state index contributed by atoms with van der Waals surface area (Å²) in [6.07, 6.45) is 0. The van der Waals surface area contributed by atoms with Crippen molar-refractivity contribution in [3.8, 4) is 5.75 Å². The number of ether oxygens (including phenoxy) is 1. The van der Waals surface area contributed by atoms with Gasteiger partial charge in [0.15, 0.2) is 11.5 Å². The number of carbonyl (C=O) groups excluding carboxylic acids is 2. The Morgan fingerprint density at radius 3 is 2.41 bits per heavy atom. The molecule has 0 radical (unpaired) electrons. The van der Waals surface area contributed by atoms with Gasteiger partial charge < -0.3 is 14.5 Å². The average molecular weight is 466 g/mol.